The highest BCUT2D eigenvalue weighted by Gasteiger charge is 2.22. The first-order valence-corrected chi connectivity index (χ1v) is 7.98. The minimum Gasteiger partial charge on any atom is -0.496 e. The lowest BCUT2D eigenvalue weighted by Gasteiger charge is -2.16. The smallest absolute Gasteiger partial charge is 0.314 e. The van der Waals surface area contributed by atoms with Crippen LogP contribution in [-0.2, 0) is 4.79 Å². The molecule has 0 radical (unpaired) electrons. The van der Waals surface area contributed by atoms with Crippen molar-refractivity contribution in [3.8, 4) is 17.2 Å². The number of nitrogens with one attached hydrogen (secondary N) is 1. The van der Waals surface area contributed by atoms with Gasteiger partial charge in [-0.2, -0.15) is 0 Å². The van der Waals surface area contributed by atoms with Crippen molar-refractivity contribution in [3.63, 3.8) is 0 Å². The molecule has 0 aliphatic rings. The largest absolute Gasteiger partial charge is 0.496 e. The highest BCUT2D eigenvalue weighted by Crippen LogP contribution is 2.32. The van der Waals surface area contributed by atoms with Crippen molar-refractivity contribution >= 4 is 17.3 Å². The van der Waals surface area contributed by atoms with Gasteiger partial charge in [-0.05, 0) is 38.1 Å². The monoisotopic (exact) mass is 360 g/mol. The van der Waals surface area contributed by atoms with Crippen LogP contribution >= 0.6 is 0 Å². The van der Waals surface area contributed by atoms with Gasteiger partial charge in [0.05, 0.1) is 30.4 Å². The third-order valence-corrected chi connectivity index (χ3v) is 3.48. The van der Waals surface area contributed by atoms with Gasteiger partial charge in [0.2, 0.25) is 0 Å². The molecule has 1 atom stereocenters. The number of methoxy groups -OCH3 is 1. The van der Waals surface area contributed by atoms with E-state index in [4.69, 9.17) is 14.2 Å². The molecular weight excluding hydrogens is 340 g/mol. The van der Waals surface area contributed by atoms with E-state index >= 15 is 0 Å². The molecule has 1 amide bonds. The number of nitro benzene ring substituents is 1. The van der Waals surface area contributed by atoms with Crippen LogP contribution in [0.15, 0.2) is 42.5 Å². The second-order valence-electron chi connectivity index (χ2n) is 5.27. The van der Waals surface area contributed by atoms with E-state index in [0.717, 1.165) is 0 Å². The maximum Gasteiger partial charge on any atom is 0.314 e. The lowest BCUT2D eigenvalue weighted by Crippen LogP contribution is -2.30. The first-order chi connectivity index (χ1) is 12.5. The van der Waals surface area contributed by atoms with Crippen LogP contribution in [0.1, 0.15) is 13.8 Å². The van der Waals surface area contributed by atoms with Gasteiger partial charge in [-0.15, -0.1) is 0 Å². The van der Waals surface area contributed by atoms with E-state index in [2.05, 4.69) is 5.32 Å². The van der Waals surface area contributed by atoms with Crippen LogP contribution in [0.25, 0.3) is 0 Å². The molecule has 0 saturated carbocycles. The summed E-state index contributed by atoms with van der Waals surface area (Å²) in [5, 5.41) is 13.9. The number of hydrogen-bond acceptors (Lipinski definition) is 6. The predicted octanol–water partition coefficient (Wildman–Crippen LogP) is 3.41. The number of carbonyl (C=O) groups excluding carboxylic acids is 1. The molecule has 138 valence electrons. The lowest BCUT2D eigenvalue weighted by atomic mass is 10.2. The average molecular weight is 360 g/mol. The average Bonchev–Trinajstić information content (AvgIpc) is 2.63. The van der Waals surface area contributed by atoms with E-state index in [1.54, 1.807) is 24.3 Å². The highest BCUT2D eigenvalue weighted by atomic mass is 16.6. The Balaban J connectivity index is 2.14. The zero-order valence-corrected chi connectivity index (χ0v) is 14.7. The van der Waals surface area contributed by atoms with Crippen molar-refractivity contribution in [1.29, 1.82) is 0 Å². The van der Waals surface area contributed by atoms with Gasteiger partial charge in [0.1, 0.15) is 11.5 Å². The number of amides is 1. The fourth-order valence-electron chi connectivity index (χ4n) is 2.20. The van der Waals surface area contributed by atoms with Crippen LogP contribution in [0.4, 0.5) is 11.4 Å². The van der Waals surface area contributed by atoms with Crippen molar-refractivity contribution in [2.45, 2.75) is 20.0 Å². The normalized spacial score (nSPS) is 11.3. The van der Waals surface area contributed by atoms with E-state index < -0.39 is 16.9 Å². The minimum absolute atomic E-state index is 0.0171. The molecule has 0 bridgehead atoms. The standard InChI is InChI=1S/C18H20N2O6/c1-4-25-16-8-6-5-7-14(16)19-18(21)12(2)26-17-10-9-13(24-3)11-15(17)20(22)23/h5-12H,4H2,1-3H3,(H,19,21)/t12-/m1/s1. The van der Waals surface area contributed by atoms with Crippen molar-refractivity contribution in [3.05, 3.63) is 52.6 Å². The third kappa shape index (κ3) is 4.62. The molecule has 2 aromatic carbocycles. The van der Waals surface area contributed by atoms with Gasteiger partial charge in [-0.3, -0.25) is 14.9 Å². The molecule has 26 heavy (non-hydrogen) atoms. The molecule has 0 heterocycles. The summed E-state index contributed by atoms with van der Waals surface area (Å²) in [7, 11) is 1.41. The Morgan fingerprint density at radius 3 is 2.62 bits per heavy atom. The van der Waals surface area contributed by atoms with Crippen molar-refractivity contribution in [1.82, 2.24) is 0 Å². The van der Waals surface area contributed by atoms with Gasteiger partial charge < -0.3 is 19.5 Å². The molecule has 1 N–H and O–H groups in total. The summed E-state index contributed by atoms with van der Waals surface area (Å²) in [5.74, 6) is 0.386. The molecule has 0 aromatic heterocycles. The Hall–Kier alpha value is -3.29. The van der Waals surface area contributed by atoms with E-state index in [0.29, 0.717) is 23.8 Å². The molecule has 0 spiro atoms. The van der Waals surface area contributed by atoms with Crippen molar-refractivity contribution in [2.24, 2.45) is 0 Å². The minimum atomic E-state index is -0.961. The summed E-state index contributed by atoms with van der Waals surface area (Å²) < 4.78 is 15.9. The quantitative estimate of drug-likeness (QED) is 0.572. The predicted molar refractivity (Wildman–Crippen MR) is 96.0 cm³/mol. The maximum atomic E-state index is 12.4. The number of nitro groups is 1. The summed E-state index contributed by atoms with van der Waals surface area (Å²) in [5.41, 5.74) is 0.220. The fourth-order valence-corrected chi connectivity index (χ4v) is 2.20. The SMILES string of the molecule is CCOc1ccccc1NC(=O)[C@@H](C)Oc1ccc(OC)cc1[N+](=O)[O-]. The first-order valence-electron chi connectivity index (χ1n) is 7.98. The first kappa shape index (κ1) is 19.0. The molecule has 0 fully saturated rings. The topological polar surface area (TPSA) is 99.9 Å². The summed E-state index contributed by atoms with van der Waals surface area (Å²) in [6.07, 6.45) is -0.961. The summed E-state index contributed by atoms with van der Waals surface area (Å²) in [4.78, 5) is 23.0. The Morgan fingerprint density at radius 2 is 1.96 bits per heavy atom. The second-order valence-corrected chi connectivity index (χ2v) is 5.27. The van der Waals surface area contributed by atoms with E-state index in [1.807, 2.05) is 6.92 Å². The number of para-hydroxylation sites is 2. The van der Waals surface area contributed by atoms with Crippen LogP contribution < -0.4 is 19.5 Å². The summed E-state index contributed by atoms with van der Waals surface area (Å²) in [6.45, 7) is 3.80. The van der Waals surface area contributed by atoms with Crippen LogP contribution in [0, 0.1) is 10.1 Å². The number of hydrogen-bond donors (Lipinski definition) is 1. The number of benzene rings is 2. The summed E-state index contributed by atoms with van der Waals surface area (Å²) >= 11 is 0. The molecule has 8 nitrogen and oxygen atoms in total. The Bertz CT molecular complexity index is 793. The number of rotatable bonds is 8. The maximum absolute atomic E-state index is 12.4. The van der Waals surface area contributed by atoms with Crippen LogP contribution in [0.3, 0.4) is 0 Å². The molecule has 2 rings (SSSR count). The highest BCUT2D eigenvalue weighted by molar-refractivity contribution is 5.95. The zero-order valence-electron chi connectivity index (χ0n) is 14.7. The van der Waals surface area contributed by atoms with Crippen LogP contribution in [0.5, 0.6) is 17.2 Å². The van der Waals surface area contributed by atoms with Gasteiger partial charge in [0.15, 0.2) is 11.9 Å². The second kappa shape index (κ2) is 8.70. The Kier molecular flexibility index (Phi) is 6.37. The summed E-state index contributed by atoms with van der Waals surface area (Å²) in [6, 6.07) is 11.2. The number of nitrogens with zero attached hydrogens (tertiary/aromatic N) is 1. The zero-order chi connectivity index (χ0) is 19.1. The van der Waals surface area contributed by atoms with Gasteiger partial charge in [-0.25, -0.2) is 0 Å². The number of anilines is 1. The van der Waals surface area contributed by atoms with Crippen molar-refractivity contribution in [2.75, 3.05) is 19.0 Å². The molecular formula is C18H20N2O6. The molecule has 0 aliphatic heterocycles. The molecule has 8 heteroatoms. The van der Waals surface area contributed by atoms with Gasteiger partial charge >= 0.3 is 5.69 Å². The van der Waals surface area contributed by atoms with Gasteiger partial charge in [0.25, 0.3) is 5.91 Å². The number of ether oxygens (including phenoxy) is 3. The van der Waals surface area contributed by atoms with E-state index in [9.17, 15) is 14.9 Å². The van der Waals surface area contributed by atoms with Gasteiger partial charge in [0, 0.05) is 0 Å². The molecule has 0 aliphatic carbocycles. The van der Waals surface area contributed by atoms with E-state index in [-0.39, 0.29) is 11.4 Å². The van der Waals surface area contributed by atoms with Crippen LogP contribution in [-0.4, -0.2) is 30.7 Å². The molecule has 0 unspecified atom stereocenters. The number of carbonyl (C=O) groups is 1. The van der Waals surface area contributed by atoms with Crippen molar-refractivity contribution < 1.29 is 23.9 Å². The Labute approximate surface area is 150 Å². The molecule has 2 aromatic rings. The fraction of sp³-hybridized carbons (Fsp3) is 0.278. The van der Waals surface area contributed by atoms with Crippen LogP contribution in [0.2, 0.25) is 0 Å². The third-order valence-electron chi connectivity index (χ3n) is 3.48. The van der Waals surface area contributed by atoms with Gasteiger partial charge in [-0.1, -0.05) is 12.1 Å². The molecule has 0 saturated heterocycles. The van der Waals surface area contributed by atoms with E-state index in [1.165, 1.54) is 32.2 Å². The Morgan fingerprint density at radius 1 is 1.23 bits per heavy atom. The lowest BCUT2D eigenvalue weighted by molar-refractivity contribution is -0.386.